The van der Waals surface area contributed by atoms with Crippen LogP contribution in [0.5, 0.6) is 0 Å². The minimum Gasteiger partial charge on any atom is -0.793 e. The van der Waals surface area contributed by atoms with E-state index in [-0.39, 0.29) is 37.7 Å². The molecule has 0 atom stereocenters. The van der Waals surface area contributed by atoms with Crippen LogP contribution in [0.4, 0.5) is 0 Å². The van der Waals surface area contributed by atoms with E-state index in [4.69, 9.17) is 12.6 Å². The second kappa shape index (κ2) is 11.0. The van der Waals surface area contributed by atoms with E-state index < -0.39 is 0 Å². The molecular formula is C8H10CaS2. The Labute approximate surface area is 110 Å². The van der Waals surface area contributed by atoms with Gasteiger partial charge in [0.05, 0.1) is 0 Å². The monoisotopic (exact) mass is 210 g/mol. The molecule has 0 aliphatic rings. The Morgan fingerprint density at radius 3 is 1.73 bits per heavy atom. The molecule has 0 aromatic heterocycles. The molecular weight excluding hydrogens is 200 g/mol. The van der Waals surface area contributed by atoms with Crippen molar-refractivity contribution in [2.45, 2.75) is 11.8 Å². The normalized spacial score (nSPS) is 7.09. The van der Waals surface area contributed by atoms with Crippen molar-refractivity contribution in [1.82, 2.24) is 0 Å². The van der Waals surface area contributed by atoms with E-state index in [0.29, 0.717) is 0 Å². The van der Waals surface area contributed by atoms with Gasteiger partial charge >= 0.3 is 37.7 Å². The summed E-state index contributed by atoms with van der Waals surface area (Å²) in [5, 5.41) is 0. The summed E-state index contributed by atoms with van der Waals surface area (Å²) < 4.78 is 0. The zero-order chi connectivity index (χ0) is 7.82. The van der Waals surface area contributed by atoms with Crippen LogP contribution in [0, 0.1) is 0 Å². The summed E-state index contributed by atoms with van der Waals surface area (Å²) in [7, 11) is 0. The molecule has 0 spiro atoms. The predicted octanol–water partition coefficient (Wildman–Crippen LogP) is 1.76. The van der Waals surface area contributed by atoms with Gasteiger partial charge in [-0.1, -0.05) is 37.3 Å². The van der Waals surface area contributed by atoms with Crippen molar-refractivity contribution in [3.63, 3.8) is 0 Å². The third-order valence-electron chi connectivity index (χ3n) is 0.743. The molecule has 0 saturated carbocycles. The van der Waals surface area contributed by atoms with Crippen molar-refractivity contribution >= 4 is 63.0 Å². The van der Waals surface area contributed by atoms with Gasteiger partial charge in [-0.3, -0.25) is 0 Å². The number of hydrogen-bond acceptors (Lipinski definition) is 2. The average molecular weight is 210 g/mol. The van der Waals surface area contributed by atoms with E-state index in [1.807, 2.05) is 37.3 Å². The van der Waals surface area contributed by atoms with E-state index in [1.165, 1.54) is 0 Å². The largest absolute Gasteiger partial charge is 2.00 e. The van der Waals surface area contributed by atoms with E-state index in [1.54, 1.807) is 0 Å². The molecule has 1 aromatic carbocycles. The molecule has 1 rings (SSSR count). The van der Waals surface area contributed by atoms with Gasteiger partial charge in [0.2, 0.25) is 0 Å². The second-order valence-electron chi connectivity index (χ2n) is 1.60. The van der Waals surface area contributed by atoms with Crippen molar-refractivity contribution in [2.75, 3.05) is 5.75 Å². The van der Waals surface area contributed by atoms with Crippen molar-refractivity contribution in [3.8, 4) is 0 Å². The van der Waals surface area contributed by atoms with Gasteiger partial charge in [-0.15, -0.1) is 0 Å². The molecule has 0 fully saturated rings. The molecule has 0 bridgehead atoms. The first kappa shape index (κ1) is 14.6. The molecule has 0 saturated heterocycles. The first-order valence-corrected chi connectivity index (χ1v) is 4.10. The van der Waals surface area contributed by atoms with Crippen molar-refractivity contribution < 1.29 is 0 Å². The van der Waals surface area contributed by atoms with Crippen LogP contribution >= 0.6 is 0 Å². The SMILES string of the molecule is CC[S-].[Ca+2].[S-]c1ccccc1. The van der Waals surface area contributed by atoms with Gasteiger partial charge in [-0.25, -0.2) is 0 Å². The van der Waals surface area contributed by atoms with Crippen LogP contribution in [-0.2, 0) is 25.3 Å². The number of hydrogen-bond donors (Lipinski definition) is 0. The molecule has 0 radical (unpaired) electrons. The smallest absolute Gasteiger partial charge is 0.793 e. The fourth-order valence-electron chi connectivity index (χ4n) is 0.420. The van der Waals surface area contributed by atoms with Gasteiger partial charge in [0.25, 0.3) is 0 Å². The Kier molecular flexibility index (Phi) is 14.6. The van der Waals surface area contributed by atoms with Gasteiger partial charge < -0.3 is 25.3 Å². The Balaban J connectivity index is 0. The summed E-state index contributed by atoms with van der Waals surface area (Å²) in [4.78, 5) is 0.905. The molecule has 0 N–H and O–H groups in total. The van der Waals surface area contributed by atoms with Gasteiger partial charge in [0.1, 0.15) is 0 Å². The summed E-state index contributed by atoms with van der Waals surface area (Å²) in [6.45, 7) is 1.94. The maximum atomic E-state index is 4.81. The molecule has 0 aliphatic carbocycles. The third-order valence-corrected chi connectivity index (χ3v) is 1.02. The molecule has 0 unspecified atom stereocenters. The Morgan fingerprint density at radius 2 is 1.55 bits per heavy atom. The van der Waals surface area contributed by atoms with E-state index >= 15 is 0 Å². The number of benzene rings is 1. The van der Waals surface area contributed by atoms with Gasteiger partial charge in [0, 0.05) is 0 Å². The van der Waals surface area contributed by atoms with Crippen LogP contribution in [0.15, 0.2) is 35.2 Å². The van der Waals surface area contributed by atoms with Gasteiger partial charge in [-0.2, -0.15) is 10.6 Å². The van der Waals surface area contributed by atoms with Crippen LogP contribution < -0.4 is 0 Å². The third kappa shape index (κ3) is 11.0. The molecule has 11 heavy (non-hydrogen) atoms. The second-order valence-corrected chi connectivity index (χ2v) is 2.65. The summed E-state index contributed by atoms with van der Waals surface area (Å²) in [5.74, 6) is 0.833. The summed E-state index contributed by atoms with van der Waals surface area (Å²) in [6, 6.07) is 9.62. The maximum Gasteiger partial charge on any atom is 2.00 e. The molecule has 0 aliphatic heterocycles. The van der Waals surface area contributed by atoms with Crippen molar-refractivity contribution in [2.24, 2.45) is 0 Å². The van der Waals surface area contributed by atoms with E-state index in [0.717, 1.165) is 10.6 Å². The average Bonchev–Trinajstić information content (AvgIpc) is 1.91. The van der Waals surface area contributed by atoms with Crippen LogP contribution in [0.3, 0.4) is 0 Å². The maximum absolute atomic E-state index is 4.81. The molecule has 0 heterocycles. The Morgan fingerprint density at radius 1 is 1.18 bits per heavy atom. The van der Waals surface area contributed by atoms with Crippen LogP contribution in [-0.4, -0.2) is 43.5 Å². The zero-order valence-electron chi connectivity index (χ0n) is 6.62. The minimum absolute atomic E-state index is 0. The van der Waals surface area contributed by atoms with Gasteiger partial charge in [-0.05, 0) is 0 Å². The quantitative estimate of drug-likeness (QED) is 0.473. The van der Waals surface area contributed by atoms with Crippen molar-refractivity contribution in [3.05, 3.63) is 30.3 Å². The molecule has 3 heteroatoms. The minimum atomic E-state index is 0. The predicted molar refractivity (Wildman–Crippen MR) is 55.7 cm³/mol. The van der Waals surface area contributed by atoms with Crippen LogP contribution in [0.1, 0.15) is 6.92 Å². The topological polar surface area (TPSA) is 0 Å². The van der Waals surface area contributed by atoms with Crippen LogP contribution in [0.25, 0.3) is 0 Å². The van der Waals surface area contributed by atoms with E-state index in [9.17, 15) is 0 Å². The van der Waals surface area contributed by atoms with Gasteiger partial charge in [0.15, 0.2) is 0 Å². The Bertz CT molecular complexity index is 153. The molecule has 56 valence electrons. The summed E-state index contributed by atoms with van der Waals surface area (Å²) in [6.07, 6.45) is 0. The first-order valence-electron chi connectivity index (χ1n) is 3.11. The first-order chi connectivity index (χ1) is 4.81. The van der Waals surface area contributed by atoms with Crippen molar-refractivity contribution in [1.29, 1.82) is 0 Å². The van der Waals surface area contributed by atoms with Crippen LogP contribution in [0.2, 0.25) is 0 Å². The molecule has 0 nitrogen and oxygen atoms in total. The molecule has 1 aromatic rings. The standard InChI is InChI=1S/C6H6S.C2H6S.Ca/c7-6-4-2-1-3-5-6;1-2-3;/h1-5,7H;3H,2H2,1H3;/q;;+2/p-2. The fourth-order valence-corrected chi connectivity index (χ4v) is 0.578. The van der Waals surface area contributed by atoms with E-state index in [2.05, 4.69) is 12.6 Å². The summed E-state index contributed by atoms with van der Waals surface area (Å²) in [5.41, 5.74) is 0. The number of rotatable bonds is 0. The fraction of sp³-hybridized carbons (Fsp3) is 0.250. The zero-order valence-corrected chi connectivity index (χ0v) is 10.5. The summed E-state index contributed by atoms with van der Waals surface area (Å²) >= 11 is 9.21. The molecule has 0 amide bonds. The Hall–Kier alpha value is 1.05.